The maximum atomic E-state index is 10.00. The van der Waals surface area contributed by atoms with Crippen molar-refractivity contribution >= 4 is 27.8 Å². The average Bonchev–Trinajstić information content (AvgIpc) is 3.51. The van der Waals surface area contributed by atoms with E-state index in [4.69, 9.17) is 4.98 Å². The standard InChI is InChI=1S/C26H29N7/c1-31-9-11-32(12-10-31)24-14-20(25-26(21(24)15-27)29-16-28-25)18-7-8-23-22(13-18)30-17-33(23)19-5-3-2-4-6-19/h7-8,13-14,16-17,19H,2-6,9-12H2,1H3,(H,28,29). The molecule has 7 heteroatoms. The van der Waals surface area contributed by atoms with Crippen LogP contribution in [0.25, 0.3) is 33.2 Å². The summed E-state index contributed by atoms with van der Waals surface area (Å²) in [6.45, 7) is 3.81. The summed E-state index contributed by atoms with van der Waals surface area (Å²) < 4.78 is 2.37. The fourth-order valence-corrected chi connectivity index (χ4v) is 5.57. The summed E-state index contributed by atoms with van der Waals surface area (Å²) in [5, 5.41) is 10.00. The molecular formula is C26H29N7. The van der Waals surface area contributed by atoms with Crippen LogP contribution in [0.5, 0.6) is 0 Å². The van der Waals surface area contributed by atoms with Gasteiger partial charge in [-0.25, -0.2) is 9.97 Å². The Morgan fingerprint density at radius 1 is 1.03 bits per heavy atom. The quantitative estimate of drug-likeness (QED) is 0.500. The molecule has 2 aromatic heterocycles. The largest absolute Gasteiger partial charge is 0.368 e. The molecule has 6 rings (SSSR count). The highest BCUT2D eigenvalue weighted by molar-refractivity contribution is 6.00. The Hall–Kier alpha value is -3.37. The third kappa shape index (κ3) is 3.46. The number of fused-ring (bicyclic) bond motifs is 2. The first-order valence-corrected chi connectivity index (χ1v) is 12.0. The van der Waals surface area contributed by atoms with Gasteiger partial charge in [-0.2, -0.15) is 5.26 Å². The number of rotatable bonds is 3. The summed E-state index contributed by atoms with van der Waals surface area (Å²) in [7, 11) is 2.15. The molecule has 0 spiro atoms. The zero-order valence-electron chi connectivity index (χ0n) is 19.1. The van der Waals surface area contributed by atoms with Crippen molar-refractivity contribution < 1.29 is 0 Å². The topological polar surface area (TPSA) is 76.8 Å². The molecular weight excluding hydrogens is 410 g/mol. The number of likely N-dealkylation sites (N-methyl/N-ethyl adjacent to an activating group) is 1. The Labute approximate surface area is 193 Å². The van der Waals surface area contributed by atoms with E-state index in [-0.39, 0.29) is 0 Å². The number of hydrogen-bond acceptors (Lipinski definition) is 5. The molecule has 1 aliphatic carbocycles. The lowest BCUT2D eigenvalue weighted by molar-refractivity contribution is 0.313. The van der Waals surface area contributed by atoms with E-state index in [9.17, 15) is 5.26 Å². The Bertz CT molecular complexity index is 1340. The van der Waals surface area contributed by atoms with Gasteiger partial charge in [0.1, 0.15) is 11.6 Å². The summed E-state index contributed by atoms with van der Waals surface area (Å²) in [5.41, 5.74) is 7.70. The molecule has 168 valence electrons. The van der Waals surface area contributed by atoms with Gasteiger partial charge >= 0.3 is 0 Å². The van der Waals surface area contributed by atoms with Crippen molar-refractivity contribution in [1.29, 1.82) is 5.26 Å². The Morgan fingerprint density at radius 2 is 1.85 bits per heavy atom. The fourth-order valence-electron chi connectivity index (χ4n) is 5.57. The van der Waals surface area contributed by atoms with Crippen LogP contribution in [0.1, 0.15) is 43.7 Å². The summed E-state index contributed by atoms with van der Waals surface area (Å²) >= 11 is 0. The average molecular weight is 440 g/mol. The lowest BCUT2D eigenvalue weighted by Crippen LogP contribution is -2.44. The maximum absolute atomic E-state index is 10.00. The molecule has 7 nitrogen and oxygen atoms in total. The predicted molar refractivity (Wildman–Crippen MR) is 131 cm³/mol. The molecule has 2 aromatic carbocycles. The number of nitriles is 1. The van der Waals surface area contributed by atoms with Gasteiger partial charge in [0, 0.05) is 37.8 Å². The highest BCUT2D eigenvalue weighted by atomic mass is 15.2. The number of hydrogen-bond donors (Lipinski definition) is 1. The molecule has 1 saturated carbocycles. The molecule has 0 radical (unpaired) electrons. The number of imidazole rings is 2. The van der Waals surface area contributed by atoms with E-state index >= 15 is 0 Å². The van der Waals surface area contributed by atoms with E-state index in [0.29, 0.717) is 11.6 Å². The number of aromatic nitrogens is 4. The minimum absolute atomic E-state index is 0.561. The molecule has 1 aliphatic heterocycles. The van der Waals surface area contributed by atoms with Crippen LogP contribution in [-0.4, -0.2) is 57.6 Å². The summed E-state index contributed by atoms with van der Waals surface area (Å²) in [5.74, 6) is 0. The van der Waals surface area contributed by atoms with Crippen LogP contribution in [0.3, 0.4) is 0 Å². The second kappa shape index (κ2) is 8.20. The number of anilines is 1. The van der Waals surface area contributed by atoms with Gasteiger partial charge in [0.25, 0.3) is 0 Å². The van der Waals surface area contributed by atoms with E-state index < -0.39 is 0 Å². The Morgan fingerprint density at radius 3 is 2.64 bits per heavy atom. The van der Waals surface area contributed by atoms with E-state index in [1.54, 1.807) is 6.33 Å². The van der Waals surface area contributed by atoms with E-state index in [2.05, 4.69) is 61.7 Å². The molecule has 0 unspecified atom stereocenters. The first kappa shape index (κ1) is 20.3. The van der Waals surface area contributed by atoms with Gasteiger partial charge in [-0.1, -0.05) is 25.3 Å². The Kier molecular flexibility index (Phi) is 5.03. The molecule has 0 bridgehead atoms. The molecule has 3 heterocycles. The molecule has 1 N–H and O–H groups in total. The van der Waals surface area contributed by atoms with Crippen LogP contribution in [0, 0.1) is 11.3 Å². The highest BCUT2D eigenvalue weighted by Gasteiger charge is 2.23. The van der Waals surface area contributed by atoms with Crippen LogP contribution >= 0.6 is 0 Å². The summed E-state index contributed by atoms with van der Waals surface area (Å²) in [4.78, 5) is 17.3. The third-order valence-electron chi connectivity index (χ3n) is 7.49. The molecule has 2 fully saturated rings. The number of H-pyrrole nitrogens is 1. The van der Waals surface area contributed by atoms with E-state index in [1.807, 2.05) is 6.33 Å². The molecule has 33 heavy (non-hydrogen) atoms. The lowest BCUT2D eigenvalue weighted by Gasteiger charge is -2.34. The SMILES string of the molecule is CN1CCN(c2cc(-c3ccc4c(c3)ncn4C3CCCCC3)c3nc[nH]c3c2C#N)CC1. The second-order valence-corrected chi connectivity index (χ2v) is 9.49. The van der Waals surface area contributed by atoms with E-state index in [0.717, 1.165) is 59.5 Å². The fraction of sp³-hybridized carbons (Fsp3) is 0.423. The number of nitrogens with one attached hydrogen (secondary N) is 1. The summed E-state index contributed by atoms with van der Waals surface area (Å²) in [6, 6.07) is 11.7. The third-order valence-corrected chi connectivity index (χ3v) is 7.49. The van der Waals surface area contributed by atoms with Crippen molar-refractivity contribution in [3.05, 3.63) is 42.5 Å². The normalized spacial score (nSPS) is 18.2. The second-order valence-electron chi connectivity index (χ2n) is 9.49. The zero-order valence-corrected chi connectivity index (χ0v) is 19.1. The van der Waals surface area contributed by atoms with Gasteiger partial charge < -0.3 is 19.4 Å². The van der Waals surface area contributed by atoms with Crippen LogP contribution in [0.15, 0.2) is 36.9 Å². The van der Waals surface area contributed by atoms with Crippen LogP contribution in [0.2, 0.25) is 0 Å². The van der Waals surface area contributed by atoms with Crippen molar-refractivity contribution in [3.8, 4) is 17.2 Å². The van der Waals surface area contributed by atoms with Crippen LogP contribution < -0.4 is 4.90 Å². The predicted octanol–water partition coefficient (Wildman–Crippen LogP) is 4.71. The van der Waals surface area contributed by atoms with Crippen molar-refractivity contribution in [2.75, 3.05) is 38.1 Å². The van der Waals surface area contributed by atoms with Gasteiger partial charge in [0.2, 0.25) is 0 Å². The number of nitrogens with zero attached hydrogens (tertiary/aromatic N) is 6. The van der Waals surface area contributed by atoms with Gasteiger partial charge in [-0.15, -0.1) is 0 Å². The van der Waals surface area contributed by atoms with Crippen molar-refractivity contribution in [1.82, 2.24) is 24.4 Å². The molecule has 1 saturated heterocycles. The number of piperazine rings is 1. The first-order chi connectivity index (χ1) is 16.2. The zero-order chi connectivity index (χ0) is 22.4. The van der Waals surface area contributed by atoms with Crippen molar-refractivity contribution in [2.24, 2.45) is 0 Å². The van der Waals surface area contributed by atoms with Gasteiger partial charge in [-0.3, -0.25) is 0 Å². The number of aromatic amines is 1. The minimum Gasteiger partial charge on any atom is -0.368 e. The van der Waals surface area contributed by atoms with Gasteiger partial charge in [0.05, 0.1) is 40.4 Å². The van der Waals surface area contributed by atoms with Gasteiger partial charge in [-0.05, 0) is 43.7 Å². The van der Waals surface area contributed by atoms with Crippen LogP contribution in [-0.2, 0) is 0 Å². The molecule has 2 aliphatic rings. The lowest BCUT2D eigenvalue weighted by atomic mass is 9.95. The highest BCUT2D eigenvalue weighted by Crippen LogP contribution is 2.37. The van der Waals surface area contributed by atoms with E-state index in [1.165, 1.54) is 37.6 Å². The molecule has 4 aromatic rings. The Balaban J connectivity index is 1.45. The molecule has 0 atom stereocenters. The monoisotopic (exact) mass is 439 g/mol. The number of benzene rings is 2. The van der Waals surface area contributed by atoms with Gasteiger partial charge in [0.15, 0.2) is 0 Å². The minimum atomic E-state index is 0.561. The maximum Gasteiger partial charge on any atom is 0.104 e. The van der Waals surface area contributed by atoms with Crippen molar-refractivity contribution in [2.45, 2.75) is 38.1 Å². The summed E-state index contributed by atoms with van der Waals surface area (Å²) in [6.07, 6.45) is 10.2. The first-order valence-electron chi connectivity index (χ1n) is 12.0. The van der Waals surface area contributed by atoms with Crippen LogP contribution in [0.4, 0.5) is 5.69 Å². The van der Waals surface area contributed by atoms with Crippen molar-refractivity contribution in [3.63, 3.8) is 0 Å². The smallest absolute Gasteiger partial charge is 0.104 e. The molecule has 0 amide bonds.